The van der Waals surface area contributed by atoms with Crippen LogP contribution in [-0.2, 0) is 9.53 Å². The van der Waals surface area contributed by atoms with E-state index in [1.54, 1.807) is 4.90 Å². The Labute approximate surface area is 96.9 Å². The molecule has 92 valence electrons. The molecular formula is C12H21NO3. The molecule has 0 spiro atoms. The molecule has 1 fully saturated rings. The van der Waals surface area contributed by atoms with E-state index >= 15 is 0 Å². The third-order valence-corrected chi connectivity index (χ3v) is 2.74. The predicted molar refractivity (Wildman–Crippen MR) is 61.2 cm³/mol. The largest absolute Gasteiger partial charge is 0.444 e. The first kappa shape index (κ1) is 13.0. The van der Waals surface area contributed by atoms with Gasteiger partial charge in [-0.2, -0.15) is 0 Å². The van der Waals surface area contributed by atoms with Crippen molar-refractivity contribution in [1.29, 1.82) is 0 Å². The van der Waals surface area contributed by atoms with Crippen LogP contribution in [0.4, 0.5) is 4.79 Å². The van der Waals surface area contributed by atoms with Crippen molar-refractivity contribution >= 4 is 12.4 Å². The van der Waals surface area contributed by atoms with Gasteiger partial charge in [0.25, 0.3) is 0 Å². The SMILES string of the molecule is C[C@H]1C[C@H](C=O)CCN1C(=O)OC(C)(C)C. The minimum Gasteiger partial charge on any atom is -0.444 e. The number of carbonyl (C=O) groups is 2. The maximum absolute atomic E-state index is 11.8. The summed E-state index contributed by atoms with van der Waals surface area (Å²) in [5, 5.41) is 0. The lowest BCUT2D eigenvalue weighted by molar-refractivity contribution is -0.113. The molecule has 0 unspecified atom stereocenters. The van der Waals surface area contributed by atoms with Crippen molar-refractivity contribution in [1.82, 2.24) is 4.90 Å². The molecule has 1 aliphatic rings. The van der Waals surface area contributed by atoms with Gasteiger partial charge < -0.3 is 14.4 Å². The first-order valence-electron chi connectivity index (χ1n) is 5.78. The molecule has 4 nitrogen and oxygen atoms in total. The summed E-state index contributed by atoms with van der Waals surface area (Å²) < 4.78 is 5.32. The van der Waals surface area contributed by atoms with E-state index in [-0.39, 0.29) is 18.1 Å². The van der Waals surface area contributed by atoms with Gasteiger partial charge in [-0.1, -0.05) is 0 Å². The van der Waals surface area contributed by atoms with Crippen LogP contribution in [0.3, 0.4) is 0 Å². The van der Waals surface area contributed by atoms with Crippen molar-refractivity contribution in [3.63, 3.8) is 0 Å². The zero-order valence-electron chi connectivity index (χ0n) is 10.5. The number of hydrogen-bond acceptors (Lipinski definition) is 3. The number of amides is 1. The number of likely N-dealkylation sites (tertiary alicyclic amines) is 1. The fraction of sp³-hybridized carbons (Fsp3) is 0.833. The van der Waals surface area contributed by atoms with Crippen LogP contribution in [0.15, 0.2) is 0 Å². The molecule has 0 radical (unpaired) electrons. The molecule has 1 aliphatic heterocycles. The number of hydrogen-bond donors (Lipinski definition) is 0. The molecule has 1 amide bonds. The molecule has 1 rings (SSSR count). The second-order valence-corrected chi connectivity index (χ2v) is 5.44. The summed E-state index contributed by atoms with van der Waals surface area (Å²) in [5.41, 5.74) is -0.460. The van der Waals surface area contributed by atoms with Gasteiger partial charge in [0.2, 0.25) is 0 Å². The number of ether oxygens (including phenoxy) is 1. The van der Waals surface area contributed by atoms with Crippen molar-refractivity contribution in [3.8, 4) is 0 Å². The van der Waals surface area contributed by atoms with Crippen molar-refractivity contribution < 1.29 is 14.3 Å². The first-order chi connectivity index (χ1) is 7.33. The highest BCUT2D eigenvalue weighted by atomic mass is 16.6. The van der Waals surface area contributed by atoms with Gasteiger partial charge in [0.15, 0.2) is 0 Å². The molecule has 0 saturated carbocycles. The van der Waals surface area contributed by atoms with Gasteiger partial charge in [-0.25, -0.2) is 4.79 Å². The molecule has 0 aromatic carbocycles. The van der Waals surface area contributed by atoms with E-state index in [0.717, 1.165) is 19.1 Å². The van der Waals surface area contributed by atoms with Gasteiger partial charge >= 0.3 is 6.09 Å². The second kappa shape index (κ2) is 4.85. The number of carbonyl (C=O) groups excluding carboxylic acids is 2. The van der Waals surface area contributed by atoms with Crippen LogP contribution in [0.1, 0.15) is 40.5 Å². The molecule has 0 aromatic rings. The topological polar surface area (TPSA) is 46.6 Å². The van der Waals surface area contributed by atoms with Crippen molar-refractivity contribution in [2.45, 2.75) is 52.2 Å². The van der Waals surface area contributed by atoms with Crippen LogP contribution in [0.5, 0.6) is 0 Å². The molecule has 16 heavy (non-hydrogen) atoms. The minimum atomic E-state index is -0.460. The van der Waals surface area contributed by atoms with Crippen molar-refractivity contribution in [2.24, 2.45) is 5.92 Å². The van der Waals surface area contributed by atoms with E-state index in [9.17, 15) is 9.59 Å². The molecule has 2 atom stereocenters. The molecule has 4 heteroatoms. The van der Waals surface area contributed by atoms with Gasteiger partial charge in [-0.15, -0.1) is 0 Å². The first-order valence-corrected chi connectivity index (χ1v) is 5.78. The fourth-order valence-corrected chi connectivity index (χ4v) is 1.92. The molecule has 0 bridgehead atoms. The Morgan fingerprint density at radius 2 is 2.06 bits per heavy atom. The van der Waals surface area contributed by atoms with Gasteiger partial charge in [-0.3, -0.25) is 0 Å². The fourth-order valence-electron chi connectivity index (χ4n) is 1.92. The Kier molecular flexibility index (Phi) is 3.94. The van der Waals surface area contributed by atoms with E-state index in [1.165, 1.54) is 0 Å². The highest BCUT2D eigenvalue weighted by molar-refractivity contribution is 5.69. The van der Waals surface area contributed by atoms with Crippen LogP contribution < -0.4 is 0 Å². The number of nitrogens with zero attached hydrogens (tertiary/aromatic N) is 1. The van der Waals surface area contributed by atoms with Crippen LogP contribution in [-0.4, -0.2) is 35.5 Å². The smallest absolute Gasteiger partial charge is 0.410 e. The standard InChI is InChI=1S/C12H21NO3/c1-9-7-10(8-14)5-6-13(9)11(15)16-12(2,3)4/h8-10H,5-7H2,1-4H3/t9-,10+/m0/s1. The zero-order chi connectivity index (χ0) is 12.3. The maximum atomic E-state index is 11.8. The molecular weight excluding hydrogens is 206 g/mol. The van der Waals surface area contributed by atoms with E-state index in [0.29, 0.717) is 6.54 Å². The van der Waals surface area contributed by atoms with Crippen molar-refractivity contribution in [2.75, 3.05) is 6.54 Å². The monoisotopic (exact) mass is 227 g/mol. The zero-order valence-corrected chi connectivity index (χ0v) is 10.5. The lowest BCUT2D eigenvalue weighted by atomic mass is 9.93. The van der Waals surface area contributed by atoms with Crippen LogP contribution in [0, 0.1) is 5.92 Å². The molecule has 1 saturated heterocycles. The molecule has 0 aliphatic carbocycles. The average Bonchev–Trinajstić information content (AvgIpc) is 2.14. The summed E-state index contributed by atoms with van der Waals surface area (Å²) in [7, 11) is 0. The van der Waals surface area contributed by atoms with E-state index in [1.807, 2.05) is 27.7 Å². The van der Waals surface area contributed by atoms with E-state index < -0.39 is 5.60 Å². The summed E-state index contributed by atoms with van der Waals surface area (Å²) in [5.74, 6) is 0.0914. The Bertz CT molecular complexity index is 270. The molecule has 0 N–H and O–H groups in total. The van der Waals surface area contributed by atoms with E-state index in [2.05, 4.69) is 0 Å². The minimum absolute atomic E-state index is 0.0822. The Hall–Kier alpha value is -1.06. The van der Waals surface area contributed by atoms with E-state index in [4.69, 9.17) is 4.74 Å². The summed E-state index contributed by atoms with van der Waals surface area (Å²) in [4.78, 5) is 24.2. The normalized spacial score (nSPS) is 26.4. The molecule has 0 aromatic heterocycles. The maximum Gasteiger partial charge on any atom is 0.410 e. The highest BCUT2D eigenvalue weighted by Crippen LogP contribution is 2.23. The lowest BCUT2D eigenvalue weighted by Crippen LogP contribution is -2.47. The number of rotatable bonds is 1. The van der Waals surface area contributed by atoms with Crippen LogP contribution in [0.25, 0.3) is 0 Å². The summed E-state index contributed by atoms with van der Waals surface area (Å²) in [6.07, 6.45) is 2.20. The quantitative estimate of drug-likeness (QED) is 0.645. The third kappa shape index (κ3) is 3.51. The summed E-state index contributed by atoms with van der Waals surface area (Å²) >= 11 is 0. The second-order valence-electron chi connectivity index (χ2n) is 5.44. The highest BCUT2D eigenvalue weighted by Gasteiger charge is 2.31. The predicted octanol–water partition coefficient (Wildman–Crippen LogP) is 2.22. The van der Waals surface area contributed by atoms with Gasteiger partial charge in [0, 0.05) is 18.5 Å². The summed E-state index contributed by atoms with van der Waals surface area (Å²) in [6.45, 7) is 8.13. The summed E-state index contributed by atoms with van der Waals surface area (Å²) in [6, 6.07) is 0.0822. The Morgan fingerprint density at radius 1 is 1.44 bits per heavy atom. The van der Waals surface area contributed by atoms with Gasteiger partial charge in [-0.05, 0) is 40.5 Å². The van der Waals surface area contributed by atoms with Crippen LogP contribution in [0.2, 0.25) is 0 Å². The Morgan fingerprint density at radius 3 is 2.50 bits per heavy atom. The van der Waals surface area contributed by atoms with Crippen LogP contribution >= 0.6 is 0 Å². The Balaban J connectivity index is 2.55. The van der Waals surface area contributed by atoms with Gasteiger partial charge in [0.05, 0.1) is 0 Å². The number of piperidine rings is 1. The molecule has 1 heterocycles. The lowest BCUT2D eigenvalue weighted by Gasteiger charge is -2.36. The van der Waals surface area contributed by atoms with Crippen molar-refractivity contribution in [3.05, 3.63) is 0 Å². The number of aldehydes is 1. The third-order valence-electron chi connectivity index (χ3n) is 2.74. The average molecular weight is 227 g/mol. The van der Waals surface area contributed by atoms with Gasteiger partial charge in [0.1, 0.15) is 11.9 Å².